The maximum absolute atomic E-state index is 10.8. The molecule has 0 aromatic heterocycles. The highest BCUT2D eigenvalue weighted by atomic mass is 32.2. The van der Waals surface area contributed by atoms with Gasteiger partial charge in [0, 0.05) is 17.1 Å². The fraction of sp³-hybridized carbons (Fsp3) is 0.500. The summed E-state index contributed by atoms with van der Waals surface area (Å²) < 4.78 is 0. The second-order valence-electron chi connectivity index (χ2n) is 4.53. The van der Waals surface area contributed by atoms with Crippen molar-refractivity contribution in [1.82, 2.24) is 0 Å². The average molecular weight is 266 g/mol. The monoisotopic (exact) mass is 266 g/mol. The van der Waals surface area contributed by atoms with Gasteiger partial charge in [-0.1, -0.05) is 32.4 Å². The molecule has 4 heteroatoms. The normalized spacial score (nSPS) is 12.1. The van der Waals surface area contributed by atoms with Crippen LogP contribution >= 0.6 is 11.8 Å². The topological polar surface area (TPSA) is 55.1 Å². The van der Waals surface area contributed by atoms with E-state index in [9.17, 15) is 4.79 Å². The lowest BCUT2D eigenvalue weighted by atomic mass is 10.1. The van der Waals surface area contributed by atoms with Crippen LogP contribution in [0.2, 0.25) is 0 Å². The molecule has 1 aromatic rings. The number of benzene rings is 1. The van der Waals surface area contributed by atoms with Crippen molar-refractivity contribution < 1.29 is 4.79 Å². The molecule has 0 heterocycles. The van der Waals surface area contributed by atoms with Crippen LogP contribution in [-0.2, 0) is 4.79 Å². The predicted molar refractivity (Wildman–Crippen MR) is 78.9 cm³/mol. The molecule has 1 amide bonds. The summed E-state index contributed by atoms with van der Waals surface area (Å²) in [5, 5.41) is 3.45. The molecule has 0 radical (unpaired) electrons. The van der Waals surface area contributed by atoms with Gasteiger partial charge in [-0.3, -0.25) is 4.79 Å². The van der Waals surface area contributed by atoms with Crippen molar-refractivity contribution >= 4 is 23.4 Å². The number of thioether (sulfide) groups is 1. The van der Waals surface area contributed by atoms with Gasteiger partial charge in [0.1, 0.15) is 0 Å². The highest BCUT2D eigenvalue weighted by molar-refractivity contribution is 8.00. The van der Waals surface area contributed by atoms with Gasteiger partial charge in [-0.15, -0.1) is 11.8 Å². The van der Waals surface area contributed by atoms with Crippen molar-refractivity contribution in [2.45, 2.75) is 31.6 Å². The number of nitrogens with one attached hydrogen (secondary N) is 1. The van der Waals surface area contributed by atoms with Crippen LogP contribution in [0.3, 0.4) is 0 Å². The van der Waals surface area contributed by atoms with Gasteiger partial charge in [-0.05, 0) is 24.5 Å². The standard InChI is InChI=1S/C14H22N2OS/c1-3-6-11(2)9-16-12-7-4-5-8-13(12)18-10-14(15)17/h4-5,7-8,11,16H,3,6,9-10H2,1-2H3,(H2,15,17). The molecular formula is C14H22N2OS. The zero-order chi connectivity index (χ0) is 13.4. The van der Waals surface area contributed by atoms with Crippen LogP contribution in [0.25, 0.3) is 0 Å². The first-order chi connectivity index (χ1) is 8.63. The van der Waals surface area contributed by atoms with E-state index in [-0.39, 0.29) is 5.91 Å². The number of carbonyl (C=O) groups excluding carboxylic acids is 1. The fourth-order valence-electron chi connectivity index (χ4n) is 1.77. The van der Waals surface area contributed by atoms with E-state index in [0.717, 1.165) is 17.1 Å². The third-order valence-electron chi connectivity index (χ3n) is 2.68. The second kappa shape index (κ2) is 8.03. The minimum atomic E-state index is -0.283. The summed E-state index contributed by atoms with van der Waals surface area (Å²) in [6.07, 6.45) is 2.44. The minimum absolute atomic E-state index is 0.283. The molecule has 0 aliphatic rings. The smallest absolute Gasteiger partial charge is 0.227 e. The van der Waals surface area contributed by atoms with E-state index in [4.69, 9.17) is 5.73 Å². The quantitative estimate of drug-likeness (QED) is 0.711. The Morgan fingerprint density at radius 3 is 2.83 bits per heavy atom. The Kier molecular flexibility index (Phi) is 6.65. The molecule has 0 saturated carbocycles. The van der Waals surface area contributed by atoms with Crippen LogP contribution in [-0.4, -0.2) is 18.2 Å². The number of anilines is 1. The van der Waals surface area contributed by atoms with Gasteiger partial charge in [-0.2, -0.15) is 0 Å². The molecule has 0 saturated heterocycles. The summed E-state index contributed by atoms with van der Waals surface area (Å²) in [7, 11) is 0. The Morgan fingerprint density at radius 1 is 1.44 bits per heavy atom. The first-order valence-electron chi connectivity index (χ1n) is 6.37. The average Bonchev–Trinajstić information content (AvgIpc) is 2.35. The third kappa shape index (κ3) is 5.45. The van der Waals surface area contributed by atoms with Crippen molar-refractivity contribution in [3.63, 3.8) is 0 Å². The minimum Gasteiger partial charge on any atom is -0.384 e. The van der Waals surface area contributed by atoms with Gasteiger partial charge in [0.2, 0.25) is 5.91 Å². The van der Waals surface area contributed by atoms with E-state index in [1.165, 1.54) is 24.6 Å². The van der Waals surface area contributed by atoms with E-state index in [0.29, 0.717) is 11.7 Å². The maximum Gasteiger partial charge on any atom is 0.227 e. The van der Waals surface area contributed by atoms with E-state index in [1.807, 2.05) is 24.3 Å². The Morgan fingerprint density at radius 2 is 2.17 bits per heavy atom. The number of primary amides is 1. The van der Waals surface area contributed by atoms with Crippen molar-refractivity contribution in [2.24, 2.45) is 11.7 Å². The van der Waals surface area contributed by atoms with E-state index in [2.05, 4.69) is 19.2 Å². The van der Waals surface area contributed by atoms with Crippen molar-refractivity contribution in [1.29, 1.82) is 0 Å². The lowest BCUT2D eigenvalue weighted by Crippen LogP contribution is -2.14. The molecule has 0 aliphatic heterocycles. The predicted octanol–water partition coefficient (Wildman–Crippen LogP) is 3.11. The molecule has 0 bridgehead atoms. The van der Waals surface area contributed by atoms with E-state index in [1.54, 1.807) is 0 Å². The highest BCUT2D eigenvalue weighted by Gasteiger charge is 2.06. The van der Waals surface area contributed by atoms with Gasteiger partial charge < -0.3 is 11.1 Å². The van der Waals surface area contributed by atoms with Gasteiger partial charge in [0.05, 0.1) is 5.75 Å². The summed E-state index contributed by atoms with van der Waals surface area (Å²) in [6.45, 7) is 5.41. The van der Waals surface area contributed by atoms with Crippen LogP contribution in [0.4, 0.5) is 5.69 Å². The summed E-state index contributed by atoms with van der Waals surface area (Å²) in [6, 6.07) is 8.04. The molecule has 1 unspecified atom stereocenters. The van der Waals surface area contributed by atoms with Crippen LogP contribution in [0, 0.1) is 5.92 Å². The molecule has 0 fully saturated rings. The number of amides is 1. The highest BCUT2D eigenvalue weighted by Crippen LogP contribution is 2.26. The van der Waals surface area contributed by atoms with Crippen LogP contribution in [0.5, 0.6) is 0 Å². The number of hydrogen-bond acceptors (Lipinski definition) is 3. The van der Waals surface area contributed by atoms with E-state index >= 15 is 0 Å². The summed E-state index contributed by atoms with van der Waals surface area (Å²) >= 11 is 1.48. The third-order valence-corrected chi connectivity index (χ3v) is 3.78. The molecule has 18 heavy (non-hydrogen) atoms. The SMILES string of the molecule is CCCC(C)CNc1ccccc1SCC(N)=O. The zero-order valence-corrected chi connectivity index (χ0v) is 11.9. The zero-order valence-electron chi connectivity index (χ0n) is 11.1. The summed E-state index contributed by atoms with van der Waals surface area (Å²) in [4.78, 5) is 11.9. The molecule has 0 aliphatic carbocycles. The molecule has 3 N–H and O–H groups in total. The number of para-hydroxylation sites is 1. The fourth-order valence-corrected chi connectivity index (χ4v) is 2.53. The second-order valence-corrected chi connectivity index (χ2v) is 5.54. The Balaban J connectivity index is 2.55. The Labute approximate surface area is 114 Å². The Bertz CT molecular complexity index is 382. The summed E-state index contributed by atoms with van der Waals surface area (Å²) in [5.74, 6) is 0.696. The van der Waals surface area contributed by atoms with Gasteiger partial charge in [0.15, 0.2) is 0 Å². The van der Waals surface area contributed by atoms with Gasteiger partial charge >= 0.3 is 0 Å². The van der Waals surface area contributed by atoms with Crippen LogP contribution in [0.15, 0.2) is 29.2 Å². The Hall–Kier alpha value is -1.16. The largest absolute Gasteiger partial charge is 0.384 e. The van der Waals surface area contributed by atoms with Crippen molar-refractivity contribution in [2.75, 3.05) is 17.6 Å². The van der Waals surface area contributed by atoms with E-state index < -0.39 is 0 Å². The number of rotatable bonds is 8. The molecule has 0 spiro atoms. The van der Waals surface area contributed by atoms with Crippen LogP contribution < -0.4 is 11.1 Å². The van der Waals surface area contributed by atoms with Crippen molar-refractivity contribution in [3.8, 4) is 0 Å². The number of carbonyl (C=O) groups is 1. The molecule has 1 rings (SSSR count). The number of hydrogen-bond donors (Lipinski definition) is 2. The molecule has 3 nitrogen and oxygen atoms in total. The van der Waals surface area contributed by atoms with Crippen molar-refractivity contribution in [3.05, 3.63) is 24.3 Å². The van der Waals surface area contributed by atoms with Crippen LogP contribution in [0.1, 0.15) is 26.7 Å². The molecular weight excluding hydrogens is 244 g/mol. The molecule has 100 valence electrons. The maximum atomic E-state index is 10.8. The molecule has 1 atom stereocenters. The molecule has 1 aromatic carbocycles. The lowest BCUT2D eigenvalue weighted by molar-refractivity contribution is -0.115. The van der Waals surface area contributed by atoms with Gasteiger partial charge in [0.25, 0.3) is 0 Å². The number of nitrogens with two attached hydrogens (primary N) is 1. The first kappa shape index (κ1) is 14.9. The van der Waals surface area contributed by atoms with Gasteiger partial charge in [-0.25, -0.2) is 0 Å². The lowest BCUT2D eigenvalue weighted by Gasteiger charge is -2.15. The first-order valence-corrected chi connectivity index (χ1v) is 7.36. The summed E-state index contributed by atoms with van der Waals surface area (Å²) in [5.41, 5.74) is 6.26.